The standard InChI is InChI=1S/C23H17ClN2O3S/c1-14(27)25-23-26-22(28)21(30-23)12-17-11-18(24)9-10-20(17)29-13-16-7-4-6-15-5-2-3-8-19(15)16/h2-12H,13H2,1H3,(H,25,26,27,28)/b21-12+. The molecule has 150 valence electrons. The van der Waals surface area contributed by atoms with Crippen molar-refractivity contribution >= 4 is 57.2 Å². The second-order valence-electron chi connectivity index (χ2n) is 6.62. The normalized spacial score (nSPS) is 14.8. The van der Waals surface area contributed by atoms with E-state index in [4.69, 9.17) is 16.3 Å². The number of fused-ring (bicyclic) bond motifs is 1. The van der Waals surface area contributed by atoms with Crippen molar-refractivity contribution in [1.82, 2.24) is 5.32 Å². The van der Waals surface area contributed by atoms with Gasteiger partial charge in [0.2, 0.25) is 5.91 Å². The third-order valence-electron chi connectivity index (χ3n) is 4.43. The number of amidine groups is 1. The number of hydrogen-bond donors (Lipinski definition) is 1. The zero-order valence-corrected chi connectivity index (χ0v) is 17.6. The lowest BCUT2D eigenvalue weighted by molar-refractivity contribution is -0.117. The highest BCUT2D eigenvalue weighted by atomic mass is 35.5. The van der Waals surface area contributed by atoms with Crippen LogP contribution in [0.3, 0.4) is 0 Å². The molecule has 0 unspecified atom stereocenters. The van der Waals surface area contributed by atoms with Crippen molar-refractivity contribution in [3.63, 3.8) is 0 Å². The first-order valence-corrected chi connectivity index (χ1v) is 10.4. The predicted octanol–water partition coefficient (Wildman–Crippen LogP) is 5.18. The van der Waals surface area contributed by atoms with Gasteiger partial charge in [-0.1, -0.05) is 54.1 Å². The fraction of sp³-hybridized carbons (Fsp3) is 0.0870. The zero-order valence-electron chi connectivity index (χ0n) is 16.0. The van der Waals surface area contributed by atoms with Crippen molar-refractivity contribution in [2.24, 2.45) is 4.99 Å². The maximum atomic E-state index is 12.2. The maximum absolute atomic E-state index is 12.2. The summed E-state index contributed by atoms with van der Waals surface area (Å²) in [7, 11) is 0. The van der Waals surface area contributed by atoms with E-state index < -0.39 is 5.91 Å². The van der Waals surface area contributed by atoms with Gasteiger partial charge < -0.3 is 10.1 Å². The number of aliphatic imine (C=N–C) groups is 1. The van der Waals surface area contributed by atoms with Gasteiger partial charge >= 0.3 is 0 Å². The van der Waals surface area contributed by atoms with Crippen LogP contribution >= 0.6 is 23.4 Å². The van der Waals surface area contributed by atoms with Crippen LogP contribution in [0.5, 0.6) is 5.75 Å². The molecule has 4 rings (SSSR count). The number of rotatable bonds is 4. The Morgan fingerprint density at radius 2 is 1.97 bits per heavy atom. The number of hydrogen-bond acceptors (Lipinski definition) is 4. The van der Waals surface area contributed by atoms with E-state index >= 15 is 0 Å². The lowest BCUT2D eigenvalue weighted by Gasteiger charge is -2.12. The summed E-state index contributed by atoms with van der Waals surface area (Å²) in [6, 6.07) is 19.5. The molecule has 30 heavy (non-hydrogen) atoms. The van der Waals surface area contributed by atoms with E-state index in [0.29, 0.717) is 27.8 Å². The Labute approximate surface area is 182 Å². The highest BCUT2D eigenvalue weighted by Gasteiger charge is 2.23. The number of nitrogens with zero attached hydrogens (tertiary/aromatic N) is 1. The molecule has 2 amide bonds. The average molecular weight is 437 g/mol. The van der Waals surface area contributed by atoms with Gasteiger partial charge in [0.25, 0.3) is 5.91 Å². The van der Waals surface area contributed by atoms with E-state index in [0.717, 1.165) is 28.1 Å². The van der Waals surface area contributed by atoms with Gasteiger partial charge in [0, 0.05) is 17.5 Å². The van der Waals surface area contributed by atoms with Gasteiger partial charge in [-0.15, -0.1) is 0 Å². The molecule has 0 saturated carbocycles. The molecule has 0 aliphatic carbocycles. The molecule has 0 aromatic heterocycles. The zero-order chi connectivity index (χ0) is 21.1. The highest BCUT2D eigenvalue weighted by molar-refractivity contribution is 8.18. The van der Waals surface area contributed by atoms with E-state index in [9.17, 15) is 9.59 Å². The molecule has 1 aliphatic heterocycles. The lowest BCUT2D eigenvalue weighted by atomic mass is 10.1. The fourth-order valence-electron chi connectivity index (χ4n) is 3.09. The van der Waals surface area contributed by atoms with Gasteiger partial charge in [0.15, 0.2) is 5.17 Å². The summed E-state index contributed by atoms with van der Waals surface area (Å²) in [5, 5.41) is 5.60. The Morgan fingerprint density at radius 1 is 1.17 bits per heavy atom. The van der Waals surface area contributed by atoms with E-state index in [2.05, 4.69) is 28.5 Å². The smallest absolute Gasteiger partial charge is 0.286 e. The largest absolute Gasteiger partial charge is 0.488 e. The Balaban J connectivity index is 1.59. The summed E-state index contributed by atoms with van der Waals surface area (Å²) >= 11 is 7.27. The molecule has 3 aromatic rings. The minimum Gasteiger partial charge on any atom is -0.488 e. The minimum absolute atomic E-state index is 0.263. The van der Waals surface area contributed by atoms with Gasteiger partial charge in [-0.25, -0.2) is 0 Å². The quantitative estimate of drug-likeness (QED) is 0.572. The van der Waals surface area contributed by atoms with Crippen LogP contribution in [0.25, 0.3) is 16.8 Å². The molecule has 1 heterocycles. The fourth-order valence-corrected chi connectivity index (χ4v) is 4.12. The number of nitrogens with one attached hydrogen (secondary N) is 1. The van der Waals surface area contributed by atoms with Crippen LogP contribution in [0.1, 0.15) is 18.1 Å². The minimum atomic E-state index is -0.413. The van der Waals surface area contributed by atoms with Crippen LogP contribution in [0, 0.1) is 0 Å². The van der Waals surface area contributed by atoms with Crippen molar-refractivity contribution in [2.75, 3.05) is 0 Å². The van der Waals surface area contributed by atoms with Crippen molar-refractivity contribution in [3.05, 3.63) is 81.7 Å². The summed E-state index contributed by atoms with van der Waals surface area (Å²) in [4.78, 5) is 27.6. The van der Waals surface area contributed by atoms with E-state index in [1.165, 1.54) is 6.92 Å². The highest BCUT2D eigenvalue weighted by Crippen LogP contribution is 2.32. The van der Waals surface area contributed by atoms with E-state index in [1.807, 2.05) is 24.3 Å². The SMILES string of the molecule is CC(=O)NC1=NC(=O)/C(=C\c2cc(Cl)ccc2OCc2cccc3ccccc23)S1. The number of amides is 2. The van der Waals surface area contributed by atoms with Crippen LogP contribution in [0.2, 0.25) is 5.02 Å². The molecule has 0 saturated heterocycles. The first kappa shape index (κ1) is 20.2. The summed E-state index contributed by atoms with van der Waals surface area (Å²) in [5.41, 5.74) is 1.72. The van der Waals surface area contributed by atoms with Gasteiger partial charge in [-0.3, -0.25) is 9.59 Å². The Hall–Kier alpha value is -3.09. The summed E-state index contributed by atoms with van der Waals surface area (Å²) in [5.74, 6) is -0.0953. The second-order valence-corrected chi connectivity index (χ2v) is 8.09. The van der Waals surface area contributed by atoms with Crippen molar-refractivity contribution in [2.45, 2.75) is 13.5 Å². The molecular weight excluding hydrogens is 420 g/mol. The molecule has 0 atom stereocenters. The molecule has 1 aliphatic rings. The van der Waals surface area contributed by atoms with Gasteiger partial charge in [-0.2, -0.15) is 4.99 Å². The Kier molecular flexibility index (Phi) is 5.88. The molecular formula is C23H17ClN2O3S. The van der Waals surface area contributed by atoms with Crippen LogP contribution < -0.4 is 10.1 Å². The van der Waals surface area contributed by atoms with Gasteiger partial charge in [0.05, 0.1) is 4.91 Å². The molecule has 0 fully saturated rings. The van der Waals surface area contributed by atoms with Crippen molar-refractivity contribution in [1.29, 1.82) is 0 Å². The van der Waals surface area contributed by atoms with Crippen LogP contribution in [0.15, 0.2) is 70.6 Å². The molecule has 0 spiro atoms. The molecule has 5 nitrogen and oxygen atoms in total. The molecule has 1 N–H and O–H groups in total. The Morgan fingerprint density at radius 3 is 2.80 bits per heavy atom. The molecule has 0 radical (unpaired) electrons. The second kappa shape index (κ2) is 8.73. The van der Waals surface area contributed by atoms with E-state index in [1.54, 1.807) is 24.3 Å². The first-order valence-electron chi connectivity index (χ1n) is 9.19. The van der Waals surface area contributed by atoms with Crippen LogP contribution in [-0.4, -0.2) is 17.0 Å². The number of carbonyl (C=O) groups is 2. The maximum Gasteiger partial charge on any atom is 0.286 e. The topological polar surface area (TPSA) is 67.8 Å². The third kappa shape index (κ3) is 4.56. The van der Waals surface area contributed by atoms with E-state index in [-0.39, 0.29) is 11.1 Å². The number of benzene rings is 3. The number of carbonyl (C=O) groups excluding carboxylic acids is 2. The number of halogens is 1. The van der Waals surface area contributed by atoms with Crippen molar-refractivity contribution < 1.29 is 14.3 Å². The lowest BCUT2D eigenvalue weighted by Crippen LogP contribution is -2.23. The van der Waals surface area contributed by atoms with Crippen LogP contribution in [-0.2, 0) is 16.2 Å². The number of ether oxygens (including phenoxy) is 1. The van der Waals surface area contributed by atoms with Gasteiger partial charge in [0.1, 0.15) is 12.4 Å². The molecule has 7 heteroatoms. The summed E-state index contributed by atoms with van der Waals surface area (Å²) < 4.78 is 6.09. The van der Waals surface area contributed by atoms with Crippen molar-refractivity contribution in [3.8, 4) is 5.75 Å². The molecule has 0 bridgehead atoms. The molecule has 3 aromatic carbocycles. The monoisotopic (exact) mass is 436 g/mol. The third-order valence-corrected chi connectivity index (χ3v) is 5.56. The summed E-state index contributed by atoms with van der Waals surface area (Å²) in [6.07, 6.45) is 1.68. The Bertz CT molecular complexity index is 1210. The predicted molar refractivity (Wildman–Crippen MR) is 122 cm³/mol. The summed E-state index contributed by atoms with van der Waals surface area (Å²) in [6.45, 7) is 1.74. The van der Waals surface area contributed by atoms with Crippen LogP contribution in [0.4, 0.5) is 0 Å². The first-order chi connectivity index (χ1) is 14.5. The van der Waals surface area contributed by atoms with Gasteiger partial charge in [-0.05, 0) is 52.4 Å². The average Bonchev–Trinajstić information content (AvgIpc) is 3.05. The number of thioether (sulfide) groups is 1.